The van der Waals surface area contributed by atoms with Gasteiger partial charge in [0.25, 0.3) is 0 Å². The number of benzene rings is 1. The number of nitrogens with two attached hydrogens (primary N) is 1. The Balaban J connectivity index is 0.00000324. The van der Waals surface area contributed by atoms with Crippen LogP contribution in [0.2, 0.25) is 0 Å². The summed E-state index contributed by atoms with van der Waals surface area (Å²) in [6.07, 6.45) is 2.26. The fraction of sp³-hybridized carbons (Fsp3) is 0.533. The second kappa shape index (κ2) is 8.94. The summed E-state index contributed by atoms with van der Waals surface area (Å²) in [5.41, 5.74) is 8.09. The number of carbonyl (C=O) groups excluding carboxylic acids is 1. The molecule has 0 radical (unpaired) electrons. The van der Waals surface area contributed by atoms with Gasteiger partial charge in [-0.2, -0.15) is 0 Å². The first kappa shape index (κ1) is 17.9. The van der Waals surface area contributed by atoms with Crippen LogP contribution in [0.25, 0.3) is 0 Å². The first-order valence-electron chi connectivity index (χ1n) is 6.66. The van der Waals surface area contributed by atoms with Crippen molar-refractivity contribution in [1.82, 2.24) is 5.32 Å². The molecule has 1 aromatic rings. The molecule has 0 aliphatic heterocycles. The van der Waals surface area contributed by atoms with Gasteiger partial charge in [-0.05, 0) is 37.8 Å². The zero-order chi connectivity index (χ0) is 13.5. The molecule has 19 heavy (non-hydrogen) atoms. The van der Waals surface area contributed by atoms with E-state index in [1.807, 2.05) is 13.8 Å². The molecule has 0 aliphatic rings. The molecule has 0 saturated heterocycles. The van der Waals surface area contributed by atoms with Gasteiger partial charge in [-0.25, -0.2) is 0 Å². The highest BCUT2D eigenvalue weighted by atomic mass is 35.5. The van der Waals surface area contributed by atoms with Crippen LogP contribution in [-0.4, -0.2) is 11.9 Å². The summed E-state index contributed by atoms with van der Waals surface area (Å²) in [4.78, 5) is 11.7. The molecule has 3 N–H and O–H groups in total. The van der Waals surface area contributed by atoms with Gasteiger partial charge in [-0.15, -0.1) is 12.4 Å². The van der Waals surface area contributed by atoms with E-state index in [9.17, 15) is 4.79 Å². The molecule has 2 atom stereocenters. The Kier molecular flexibility index (Phi) is 8.44. The summed E-state index contributed by atoms with van der Waals surface area (Å²) in [7, 11) is 0. The Labute approximate surface area is 122 Å². The van der Waals surface area contributed by atoms with E-state index in [0.717, 1.165) is 18.4 Å². The van der Waals surface area contributed by atoms with Crippen molar-refractivity contribution in [1.29, 1.82) is 0 Å². The first-order chi connectivity index (χ1) is 8.52. The molecule has 0 aromatic heterocycles. The summed E-state index contributed by atoms with van der Waals surface area (Å²) >= 11 is 0. The lowest BCUT2D eigenvalue weighted by Gasteiger charge is -2.15. The topological polar surface area (TPSA) is 55.1 Å². The second-order valence-electron chi connectivity index (χ2n) is 4.90. The minimum atomic E-state index is 0. The first-order valence-corrected chi connectivity index (χ1v) is 6.66. The number of rotatable bonds is 6. The number of amides is 1. The van der Waals surface area contributed by atoms with E-state index in [0.29, 0.717) is 6.42 Å². The van der Waals surface area contributed by atoms with E-state index in [-0.39, 0.29) is 30.4 Å². The van der Waals surface area contributed by atoms with Crippen LogP contribution >= 0.6 is 12.4 Å². The van der Waals surface area contributed by atoms with Crippen LogP contribution < -0.4 is 11.1 Å². The molecule has 3 nitrogen and oxygen atoms in total. The highest BCUT2D eigenvalue weighted by molar-refractivity contribution is 5.85. The van der Waals surface area contributed by atoms with Crippen molar-refractivity contribution in [3.63, 3.8) is 0 Å². The van der Waals surface area contributed by atoms with Gasteiger partial charge >= 0.3 is 0 Å². The molecule has 0 aliphatic carbocycles. The molecule has 2 unspecified atom stereocenters. The van der Waals surface area contributed by atoms with Gasteiger partial charge < -0.3 is 11.1 Å². The van der Waals surface area contributed by atoms with Crippen molar-refractivity contribution in [3.05, 3.63) is 35.4 Å². The molecule has 0 bridgehead atoms. The summed E-state index contributed by atoms with van der Waals surface area (Å²) in [6.45, 7) is 6.05. The van der Waals surface area contributed by atoms with E-state index in [1.54, 1.807) is 0 Å². The maximum Gasteiger partial charge on any atom is 0.220 e. The SMILES string of the molecule is CCc1ccc(C(C)NC(=O)CCC(C)N)cc1.Cl. The number of carbonyl (C=O) groups is 1. The molecular weight excluding hydrogens is 260 g/mol. The maximum atomic E-state index is 11.7. The normalized spacial score (nSPS) is 13.3. The number of hydrogen-bond donors (Lipinski definition) is 2. The van der Waals surface area contributed by atoms with Gasteiger partial charge in [-0.1, -0.05) is 31.2 Å². The number of nitrogens with one attached hydrogen (secondary N) is 1. The van der Waals surface area contributed by atoms with Crippen molar-refractivity contribution in [3.8, 4) is 0 Å². The van der Waals surface area contributed by atoms with Crippen molar-refractivity contribution in [2.24, 2.45) is 5.73 Å². The predicted octanol–water partition coefficient (Wildman–Crippen LogP) is 2.98. The minimum absolute atomic E-state index is 0. The van der Waals surface area contributed by atoms with Crippen LogP contribution in [0, 0.1) is 0 Å². The van der Waals surface area contributed by atoms with E-state index in [4.69, 9.17) is 5.73 Å². The van der Waals surface area contributed by atoms with Crippen LogP contribution in [0.1, 0.15) is 50.8 Å². The minimum Gasteiger partial charge on any atom is -0.350 e. The average molecular weight is 285 g/mol. The monoisotopic (exact) mass is 284 g/mol. The quantitative estimate of drug-likeness (QED) is 0.844. The standard InChI is InChI=1S/C15H24N2O.ClH/c1-4-13-6-8-14(9-7-13)12(3)17-15(18)10-5-11(2)16;/h6-9,11-12H,4-5,10,16H2,1-3H3,(H,17,18);1H. The van der Waals surface area contributed by atoms with Gasteiger partial charge in [0.1, 0.15) is 0 Å². The van der Waals surface area contributed by atoms with E-state index >= 15 is 0 Å². The third-order valence-electron chi connectivity index (χ3n) is 3.09. The third-order valence-corrected chi connectivity index (χ3v) is 3.09. The summed E-state index contributed by atoms with van der Waals surface area (Å²) in [5, 5.41) is 2.99. The molecule has 4 heteroatoms. The summed E-state index contributed by atoms with van der Waals surface area (Å²) in [5.74, 6) is 0.0689. The van der Waals surface area contributed by atoms with Gasteiger partial charge in [0, 0.05) is 12.5 Å². The Bertz CT molecular complexity index is 376. The van der Waals surface area contributed by atoms with Crippen LogP contribution in [-0.2, 0) is 11.2 Å². The van der Waals surface area contributed by atoms with Crippen molar-refractivity contribution >= 4 is 18.3 Å². The lowest BCUT2D eigenvalue weighted by atomic mass is 10.0. The van der Waals surface area contributed by atoms with Gasteiger partial charge in [0.15, 0.2) is 0 Å². The molecule has 0 heterocycles. The van der Waals surface area contributed by atoms with E-state index < -0.39 is 0 Å². The van der Waals surface area contributed by atoms with E-state index in [1.165, 1.54) is 5.56 Å². The lowest BCUT2D eigenvalue weighted by Crippen LogP contribution is -2.28. The average Bonchev–Trinajstić information content (AvgIpc) is 2.36. The zero-order valence-corrected chi connectivity index (χ0v) is 12.8. The fourth-order valence-electron chi connectivity index (χ4n) is 1.80. The van der Waals surface area contributed by atoms with Crippen LogP contribution in [0.3, 0.4) is 0 Å². The smallest absolute Gasteiger partial charge is 0.220 e. The highest BCUT2D eigenvalue weighted by Gasteiger charge is 2.09. The molecule has 108 valence electrons. The maximum absolute atomic E-state index is 11.7. The second-order valence-corrected chi connectivity index (χ2v) is 4.90. The summed E-state index contributed by atoms with van der Waals surface area (Å²) < 4.78 is 0. The molecule has 0 saturated carbocycles. The lowest BCUT2D eigenvalue weighted by molar-refractivity contribution is -0.121. The molecule has 1 amide bonds. The largest absolute Gasteiger partial charge is 0.350 e. The van der Waals surface area contributed by atoms with Gasteiger partial charge in [0.05, 0.1) is 6.04 Å². The fourth-order valence-corrected chi connectivity index (χ4v) is 1.80. The molecular formula is C15H25ClN2O. The van der Waals surface area contributed by atoms with Crippen molar-refractivity contribution in [2.45, 2.75) is 52.1 Å². The Hall–Kier alpha value is -1.06. The van der Waals surface area contributed by atoms with Gasteiger partial charge in [0.2, 0.25) is 5.91 Å². The highest BCUT2D eigenvalue weighted by Crippen LogP contribution is 2.14. The third kappa shape index (κ3) is 6.60. The number of aryl methyl sites for hydroxylation is 1. The number of halogens is 1. The van der Waals surface area contributed by atoms with Crippen LogP contribution in [0.15, 0.2) is 24.3 Å². The molecule has 1 rings (SSSR count). The number of hydrogen-bond acceptors (Lipinski definition) is 2. The van der Waals surface area contributed by atoms with Crippen molar-refractivity contribution < 1.29 is 4.79 Å². The summed E-state index contributed by atoms with van der Waals surface area (Å²) in [6, 6.07) is 8.51. The van der Waals surface area contributed by atoms with Crippen LogP contribution in [0.5, 0.6) is 0 Å². The molecule has 1 aromatic carbocycles. The Morgan fingerprint density at radius 1 is 1.26 bits per heavy atom. The molecule has 0 spiro atoms. The van der Waals surface area contributed by atoms with Gasteiger partial charge in [-0.3, -0.25) is 4.79 Å². The molecule has 0 fully saturated rings. The zero-order valence-electron chi connectivity index (χ0n) is 12.0. The van der Waals surface area contributed by atoms with Crippen molar-refractivity contribution in [2.75, 3.05) is 0 Å². The van der Waals surface area contributed by atoms with Crippen LogP contribution in [0.4, 0.5) is 0 Å². The Morgan fingerprint density at radius 2 is 1.84 bits per heavy atom. The predicted molar refractivity (Wildman–Crippen MR) is 82.5 cm³/mol. The van der Waals surface area contributed by atoms with E-state index in [2.05, 4.69) is 36.5 Å². The Morgan fingerprint density at radius 3 is 2.32 bits per heavy atom.